The van der Waals surface area contributed by atoms with Gasteiger partial charge in [0.15, 0.2) is 12.1 Å². The van der Waals surface area contributed by atoms with Crippen molar-refractivity contribution in [1.82, 2.24) is 14.8 Å². The highest BCUT2D eigenvalue weighted by molar-refractivity contribution is 7.14. The summed E-state index contributed by atoms with van der Waals surface area (Å²) in [6.07, 6.45) is 4.13. The fourth-order valence-corrected chi connectivity index (χ4v) is 2.60. The van der Waals surface area contributed by atoms with Gasteiger partial charge >= 0.3 is 0 Å². The van der Waals surface area contributed by atoms with Gasteiger partial charge in [-0.15, -0.1) is 11.3 Å². The second kappa shape index (κ2) is 4.95. The van der Waals surface area contributed by atoms with Gasteiger partial charge in [0.25, 0.3) is 0 Å². The Hall–Kier alpha value is -1.98. The smallest absolute Gasteiger partial charge is 0.153 e. The number of hydrogen-bond donors (Lipinski definition) is 0. The average Bonchev–Trinajstić information content (AvgIpc) is 3.05. The molecule has 6 heteroatoms. The quantitative estimate of drug-likeness (QED) is 0.694. The molecule has 3 heterocycles. The van der Waals surface area contributed by atoms with Crippen LogP contribution >= 0.6 is 22.9 Å². The van der Waals surface area contributed by atoms with Gasteiger partial charge in [-0.25, -0.2) is 9.67 Å². The Morgan fingerprint density at radius 2 is 2.26 bits per heavy atom. The molecule has 0 aliphatic carbocycles. The summed E-state index contributed by atoms with van der Waals surface area (Å²) in [6, 6.07) is 7.31. The van der Waals surface area contributed by atoms with Crippen molar-refractivity contribution in [2.75, 3.05) is 0 Å². The van der Waals surface area contributed by atoms with E-state index in [-0.39, 0.29) is 0 Å². The number of halogens is 1. The Morgan fingerprint density at radius 3 is 2.89 bits per heavy atom. The number of rotatable bonds is 3. The third-order valence-corrected chi connectivity index (χ3v) is 3.69. The molecule has 0 aliphatic rings. The summed E-state index contributed by atoms with van der Waals surface area (Å²) in [5.74, 6) is 0.665. The molecule has 0 atom stereocenters. The monoisotopic (exact) mass is 289 g/mol. The number of aldehydes is 1. The summed E-state index contributed by atoms with van der Waals surface area (Å²) in [5.41, 5.74) is 1.97. The van der Waals surface area contributed by atoms with Crippen molar-refractivity contribution in [2.45, 2.75) is 0 Å². The third-order valence-electron chi connectivity index (χ3n) is 2.59. The fraction of sp³-hybridized carbons (Fsp3) is 0. The second-order valence-electron chi connectivity index (χ2n) is 3.82. The Labute approximate surface area is 118 Å². The SMILES string of the molecule is O=Cc1cn(-c2ccccn2)nc1-c1csc(Cl)c1. The van der Waals surface area contributed by atoms with E-state index in [0.717, 1.165) is 11.8 Å². The third kappa shape index (κ3) is 2.30. The number of nitrogens with zero attached hydrogens (tertiary/aromatic N) is 3. The molecule has 0 fully saturated rings. The van der Waals surface area contributed by atoms with Crippen molar-refractivity contribution in [3.8, 4) is 17.1 Å². The zero-order valence-corrected chi connectivity index (χ0v) is 11.2. The first-order chi connectivity index (χ1) is 9.28. The molecule has 0 spiro atoms. The number of carbonyl (C=O) groups excluding carboxylic acids is 1. The van der Waals surface area contributed by atoms with Crippen molar-refractivity contribution >= 4 is 29.2 Å². The van der Waals surface area contributed by atoms with Crippen LogP contribution in [0, 0.1) is 0 Å². The lowest BCUT2D eigenvalue weighted by Crippen LogP contribution is -1.96. The highest BCUT2D eigenvalue weighted by atomic mass is 35.5. The van der Waals surface area contributed by atoms with E-state index in [0.29, 0.717) is 21.4 Å². The van der Waals surface area contributed by atoms with E-state index in [1.165, 1.54) is 11.3 Å². The zero-order valence-electron chi connectivity index (χ0n) is 9.65. The summed E-state index contributed by atoms with van der Waals surface area (Å²) in [6.45, 7) is 0. The molecule has 4 nitrogen and oxygen atoms in total. The lowest BCUT2D eigenvalue weighted by Gasteiger charge is -1.97. The van der Waals surface area contributed by atoms with Crippen molar-refractivity contribution in [3.63, 3.8) is 0 Å². The molecule has 0 amide bonds. The maximum absolute atomic E-state index is 11.1. The molecule has 0 unspecified atom stereocenters. The van der Waals surface area contributed by atoms with E-state index in [4.69, 9.17) is 11.6 Å². The van der Waals surface area contributed by atoms with Crippen LogP contribution in [0.5, 0.6) is 0 Å². The van der Waals surface area contributed by atoms with Crippen molar-refractivity contribution < 1.29 is 4.79 Å². The normalized spacial score (nSPS) is 10.6. The molecule has 3 aromatic rings. The molecule has 0 aliphatic heterocycles. The number of pyridine rings is 1. The minimum atomic E-state index is 0.514. The van der Waals surface area contributed by atoms with E-state index in [2.05, 4.69) is 10.1 Å². The lowest BCUT2D eigenvalue weighted by atomic mass is 10.2. The van der Waals surface area contributed by atoms with Gasteiger partial charge in [0, 0.05) is 23.3 Å². The van der Waals surface area contributed by atoms with Gasteiger partial charge < -0.3 is 0 Å². The fourth-order valence-electron chi connectivity index (χ4n) is 1.74. The lowest BCUT2D eigenvalue weighted by molar-refractivity contribution is 0.112. The molecule has 0 radical (unpaired) electrons. The van der Waals surface area contributed by atoms with Crippen molar-refractivity contribution in [3.05, 3.63) is 51.9 Å². The van der Waals surface area contributed by atoms with Gasteiger partial charge in [0.05, 0.1) is 9.90 Å². The molecule has 0 saturated carbocycles. The molecule has 0 saturated heterocycles. The number of hydrogen-bond acceptors (Lipinski definition) is 4. The molecule has 0 aromatic carbocycles. The number of carbonyl (C=O) groups is 1. The van der Waals surface area contributed by atoms with Crippen molar-refractivity contribution in [1.29, 1.82) is 0 Å². The van der Waals surface area contributed by atoms with Crippen LogP contribution in [0.1, 0.15) is 10.4 Å². The first-order valence-corrected chi connectivity index (χ1v) is 6.74. The van der Waals surface area contributed by atoms with Crippen LogP contribution in [-0.4, -0.2) is 21.1 Å². The molecule has 3 rings (SSSR count). The van der Waals surface area contributed by atoms with Crippen LogP contribution in [0.3, 0.4) is 0 Å². The Morgan fingerprint density at radius 1 is 1.37 bits per heavy atom. The average molecular weight is 290 g/mol. The van der Waals surface area contributed by atoms with E-state index < -0.39 is 0 Å². The summed E-state index contributed by atoms with van der Waals surface area (Å²) in [7, 11) is 0. The first-order valence-electron chi connectivity index (χ1n) is 5.48. The Bertz CT molecular complexity index is 721. The standard InChI is InChI=1S/C13H8ClN3OS/c14-11-5-9(8-19-11)13-10(7-18)6-17(16-13)12-3-1-2-4-15-12/h1-8H. The molecular formula is C13H8ClN3OS. The predicted octanol–water partition coefficient (Wildman–Crippen LogP) is 3.46. The molecule has 94 valence electrons. The predicted molar refractivity (Wildman–Crippen MR) is 75.1 cm³/mol. The van der Waals surface area contributed by atoms with Crippen molar-refractivity contribution in [2.24, 2.45) is 0 Å². The Kier molecular flexibility index (Phi) is 3.15. The minimum absolute atomic E-state index is 0.514. The molecular weight excluding hydrogens is 282 g/mol. The summed E-state index contributed by atoms with van der Waals surface area (Å²) < 4.78 is 2.25. The largest absolute Gasteiger partial charge is 0.298 e. The van der Waals surface area contributed by atoms with Crippen LogP contribution < -0.4 is 0 Å². The number of aromatic nitrogens is 3. The van der Waals surface area contributed by atoms with E-state index in [9.17, 15) is 4.79 Å². The van der Waals surface area contributed by atoms with E-state index in [1.807, 2.05) is 23.6 Å². The molecule has 19 heavy (non-hydrogen) atoms. The van der Waals surface area contributed by atoms with Gasteiger partial charge in [-0.05, 0) is 18.2 Å². The van der Waals surface area contributed by atoms with Crippen LogP contribution in [0.4, 0.5) is 0 Å². The summed E-state index contributed by atoms with van der Waals surface area (Å²) in [4.78, 5) is 15.3. The second-order valence-corrected chi connectivity index (χ2v) is 5.37. The maximum Gasteiger partial charge on any atom is 0.153 e. The topological polar surface area (TPSA) is 47.8 Å². The summed E-state index contributed by atoms with van der Waals surface area (Å²) in [5, 5.41) is 6.28. The Balaban J connectivity index is 2.11. The van der Waals surface area contributed by atoms with E-state index >= 15 is 0 Å². The van der Waals surface area contributed by atoms with Crippen LogP contribution in [0.15, 0.2) is 42.0 Å². The van der Waals surface area contributed by atoms with Gasteiger partial charge in [-0.1, -0.05) is 17.7 Å². The molecule has 0 bridgehead atoms. The van der Waals surface area contributed by atoms with Gasteiger partial charge in [0.2, 0.25) is 0 Å². The molecule has 0 N–H and O–H groups in total. The van der Waals surface area contributed by atoms with Crippen LogP contribution in [-0.2, 0) is 0 Å². The van der Waals surface area contributed by atoms with E-state index in [1.54, 1.807) is 23.1 Å². The van der Waals surface area contributed by atoms with Crippen LogP contribution in [0.25, 0.3) is 17.1 Å². The first kappa shape index (κ1) is 12.1. The van der Waals surface area contributed by atoms with Gasteiger partial charge in [0.1, 0.15) is 5.69 Å². The zero-order chi connectivity index (χ0) is 13.2. The minimum Gasteiger partial charge on any atom is -0.298 e. The van der Waals surface area contributed by atoms with Gasteiger partial charge in [-0.2, -0.15) is 5.10 Å². The molecule has 3 aromatic heterocycles. The van der Waals surface area contributed by atoms with Gasteiger partial charge in [-0.3, -0.25) is 4.79 Å². The summed E-state index contributed by atoms with van der Waals surface area (Å²) >= 11 is 7.32. The number of thiophene rings is 1. The maximum atomic E-state index is 11.1. The van der Waals surface area contributed by atoms with Crippen LogP contribution in [0.2, 0.25) is 4.34 Å². The highest BCUT2D eigenvalue weighted by Crippen LogP contribution is 2.29. The highest BCUT2D eigenvalue weighted by Gasteiger charge is 2.13.